The minimum Gasteiger partial charge on any atom is -0.493 e. The maximum absolute atomic E-state index is 13.4. The summed E-state index contributed by atoms with van der Waals surface area (Å²) >= 11 is 1.25. The Labute approximate surface area is 214 Å². The van der Waals surface area contributed by atoms with Crippen molar-refractivity contribution in [3.8, 4) is 22.6 Å². The number of ether oxygens (including phenoxy) is 3. The van der Waals surface area contributed by atoms with E-state index in [1.54, 1.807) is 31.4 Å². The standard InChI is InChI=1S/C28H30FNO5S/c1-17(2)14-15-35-22-12-6-19(16-23(22)33-4)7-13-24(31)30-27-26(28(32)34-5)25(18(3)36-27)20-8-10-21(29)11-9-20/h6-13,16-17H,14-15H2,1-5H3,(H,30,31)/b13-7+. The molecule has 0 atom stereocenters. The number of carbonyl (C=O) groups excluding carboxylic acids is 2. The molecular formula is C28H30FNO5S. The van der Waals surface area contributed by atoms with Gasteiger partial charge in [-0.15, -0.1) is 11.3 Å². The van der Waals surface area contributed by atoms with Crippen LogP contribution in [0.5, 0.6) is 11.5 Å². The molecule has 0 radical (unpaired) electrons. The van der Waals surface area contributed by atoms with Gasteiger partial charge in [-0.3, -0.25) is 4.79 Å². The number of hydrogen-bond acceptors (Lipinski definition) is 6. The molecule has 1 N–H and O–H groups in total. The second-order valence-electron chi connectivity index (χ2n) is 8.50. The monoisotopic (exact) mass is 511 g/mol. The van der Waals surface area contributed by atoms with Crippen molar-refractivity contribution in [1.29, 1.82) is 0 Å². The van der Waals surface area contributed by atoms with Crippen molar-refractivity contribution in [2.24, 2.45) is 5.92 Å². The molecule has 6 nitrogen and oxygen atoms in total. The largest absolute Gasteiger partial charge is 0.493 e. The van der Waals surface area contributed by atoms with E-state index in [4.69, 9.17) is 14.2 Å². The first kappa shape index (κ1) is 26.9. The molecule has 0 unspecified atom stereocenters. The summed E-state index contributed by atoms with van der Waals surface area (Å²) in [5, 5.41) is 3.14. The molecule has 0 aliphatic carbocycles. The van der Waals surface area contributed by atoms with E-state index in [0.29, 0.717) is 40.2 Å². The zero-order chi connectivity index (χ0) is 26.2. The molecule has 1 aromatic heterocycles. The van der Waals surface area contributed by atoms with E-state index in [-0.39, 0.29) is 11.4 Å². The third-order valence-electron chi connectivity index (χ3n) is 5.41. The number of aryl methyl sites for hydroxylation is 1. The number of esters is 1. The molecule has 0 saturated carbocycles. The summed E-state index contributed by atoms with van der Waals surface area (Å²) in [7, 11) is 2.84. The maximum Gasteiger partial charge on any atom is 0.341 e. The van der Waals surface area contributed by atoms with Gasteiger partial charge in [0.05, 0.1) is 20.8 Å². The lowest BCUT2D eigenvalue weighted by molar-refractivity contribution is -0.111. The molecule has 3 aromatic rings. The number of amides is 1. The average Bonchev–Trinajstić information content (AvgIpc) is 3.18. The molecule has 2 aromatic carbocycles. The topological polar surface area (TPSA) is 73.9 Å². The lowest BCUT2D eigenvalue weighted by Crippen LogP contribution is -2.11. The fourth-order valence-corrected chi connectivity index (χ4v) is 4.60. The molecule has 1 heterocycles. The Bertz CT molecular complexity index is 1250. The molecule has 8 heteroatoms. The number of anilines is 1. The molecule has 190 valence electrons. The van der Waals surface area contributed by atoms with Gasteiger partial charge in [-0.25, -0.2) is 9.18 Å². The predicted octanol–water partition coefficient (Wildman–Crippen LogP) is 6.73. The summed E-state index contributed by atoms with van der Waals surface area (Å²) in [5.41, 5.74) is 2.24. The van der Waals surface area contributed by atoms with Gasteiger partial charge < -0.3 is 19.5 Å². The van der Waals surface area contributed by atoms with Gasteiger partial charge in [0.2, 0.25) is 5.91 Å². The third-order valence-corrected chi connectivity index (χ3v) is 6.43. The number of rotatable bonds is 10. The van der Waals surface area contributed by atoms with E-state index in [1.165, 1.54) is 36.7 Å². The van der Waals surface area contributed by atoms with Crippen LogP contribution in [0.1, 0.15) is 41.1 Å². The number of hydrogen-bond donors (Lipinski definition) is 1. The molecule has 3 rings (SSSR count). The highest BCUT2D eigenvalue weighted by Crippen LogP contribution is 2.40. The van der Waals surface area contributed by atoms with E-state index in [1.807, 2.05) is 19.1 Å². The Kier molecular flexibility index (Phi) is 9.25. The van der Waals surface area contributed by atoms with Crippen LogP contribution in [-0.2, 0) is 9.53 Å². The summed E-state index contributed by atoms with van der Waals surface area (Å²) in [6, 6.07) is 11.3. The average molecular weight is 512 g/mol. The van der Waals surface area contributed by atoms with Crippen LogP contribution < -0.4 is 14.8 Å². The van der Waals surface area contributed by atoms with Crippen molar-refractivity contribution in [3.63, 3.8) is 0 Å². The number of methoxy groups -OCH3 is 2. The Balaban J connectivity index is 1.80. The zero-order valence-corrected chi connectivity index (χ0v) is 21.8. The minimum atomic E-state index is -0.587. The summed E-state index contributed by atoms with van der Waals surface area (Å²) < 4.78 is 29.6. The highest BCUT2D eigenvalue weighted by molar-refractivity contribution is 7.17. The van der Waals surface area contributed by atoms with Crippen LogP contribution in [-0.4, -0.2) is 32.7 Å². The fourth-order valence-electron chi connectivity index (χ4n) is 3.53. The Morgan fingerprint density at radius 2 is 1.81 bits per heavy atom. The van der Waals surface area contributed by atoms with E-state index in [0.717, 1.165) is 16.9 Å². The van der Waals surface area contributed by atoms with Gasteiger partial charge in [0.1, 0.15) is 16.4 Å². The predicted molar refractivity (Wildman–Crippen MR) is 141 cm³/mol. The van der Waals surface area contributed by atoms with Gasteiger partial charge in [-0.1, -0.05) is 32.0 Å². The van der Waals surface area contributed by atoms with E-state index in [2.05, 4.69) is 19.2 Å². The molecular weight excluding hydrogens is 481 g/mol. The molecule has 0 aliphatic rings. The van der Waals surface area contributed by atoms with Crippen LogP contribution in [0.3, 0.4) is 0 Å². The van der Waals surface area contributed by atoms with Crippen LogP contribution in [0, 0.1) is 18.7 Å². The van der Waals surface area contributed by atoms with E-state index >= 15 is 0 Å². The van der Waals surface area contributed by atoms with Crippen molar-refractivity contribution in [3.05, 3.63) is 70.4 Å². The number of nitrogens with one attached hydrogen (secondary N) is 1. The molecule has 0 aliphatic heterocycles. The third kappa shape index (κ3) is 6.73. The maximum atomic E-state index is 13.4. The van der Waals surface area contributed by atoms with Crippen LogP contribution in [0.25, 0.3) is 17.2 Å². The van der Waals surface area contributed by atoms with Crippen LogP contribution in [0.2, 0.25) is 0 Å². The first-order valence-electron chi connectivity index (χ1n) is 11.5. The molecule has 0 spiro atoms. The van der Waals surface area contributed by atoms with Gasteiger partial charge in [0.15, 0.2) is 11.5 Å². The fraction of sp³-hybridized carbons (Fsp3) is 0.286. The lowest BCUT2D eigenvalue weighted by atomic mass is 10.0. The summed E-state index contributed by atoms with van der Waals surface area (Å²) in [5.74, 6) is 0.378. The number of thiophene rings is 1. The van der Waals surface area contributed by atoms with Crippen molar-refractivity contribution in [2.75, 3.05) is 26.1 Å². The van der Waals surface area contributed by atoms with Crippen LogP contribution in [0.4, 0.5) is 9.39 Å². The van der Waals surface area contributed by atoms with Crippen molar-refractivity contribution < 1.29 is 28.2 Å². The van der Waals surface area contributed by atoms with E-state index < -0.39 is 11.9 Å². The van der Waals surface area contributed by atoms with E-state index in [9.17, 15) is 14.0 Å². The summed E-state index contributed by atoms with van der Waals surface area (Å²) in [6.07, 6.45) is 3.96. The van der Waals surface area contributed by atoms with Crippen molar-refractivity contribution in [2.45, 2.75) is 27.2 Å². The van der Waals surface area contributed by atoms with Gasteiger partial charge in [-0.2, -0.15) is 0 Å². The zero-order valence-electron chi connectivity index (χ0n) is 21.0. The van der Waals surface area contributed by atoms with Crippen molar-refractivity contribution >= 4 is 34.3 Å². The van der Waals surface area contributed by atoms with Gasteiger partial charge >= 0.3 is 5.97 Å². The SMILES string of the molecule is COC(=O)c1c(NC(=O)/C=C/c2ccc(OCCC(C)C)c(OC)c2)sc(C)c1-c1ccc(F)cc1. The molecule has 0 saturated heterocycles. The highest BCUT2D eigenvalue weighted by atomic mass is 32.1. The number of carbonyl (C=O) groups is 2. The minimum absolute atomic E-state index is 0.234. The first-order valence-corrected chi connectivity index (χ1v) is 12.3. The summed E-state index contributed by atoms with van der Waals surface area (Å²) in [6.45, 7) is 6.69. The molecule has 0 bridgehead atoms. The molecule has 36 heavy (non-hydrogen) atoms. The Morgan fingerprint density at radius 1 is 1.08 bits per heavy atom. The molecule has 0 fully saturated rings. The lowest BCUT2D eigenvalue weighted by Gasteiger charge is -2.12. The summed E-state index contributed by atoms with van der Waals surface area (Å²) in [4.78, 5) is 26.1. The quantitative estimate of drug-likeness (QED) is 0.241. The second kappa shape index (κ2) is 12.4. The number of benzene rings is 2. The highest BCUT2D eigenvalue weighted by Gasteiger charge is 2.24. The van der Waals surface area contributed by atoms with Gasteiger partial charge in [0.25, 0.3) is 0 Å². The first-order chi connectivity index (χ1) is 17.2. The van der Waals surface area contributed by atoms with Gasteiger partial charge in [0, 0.05) is 16.5 Å². The Hall–Kier alpha value is -3.65. The smallest absolute Gasteiger partial charge is 0.341 e. The second-order valence-corrected chi connectivity index (χ2v) is 9.72. The van der Waals surface area contributed by atoms with Crippen LogP contribution in [0.15, 0.2) is 48.5 Å². The Morgan fingerprint density at radius 3 is 2.44 bits per heavy atom. The van der Waals surface area contributed by atoms with Crippen molar-refractivity contribution in [1.82, 2.24) is 0 Å². The van der Waals surface area contributed by atoms with Crippen LogP contribution >= 0.6 is 11.3 Å². The van der Waals surface area contributed by atoms with Gasteiger partial charge in [-0.05, 0) is 60.7 Å². The molecule has 1 amide bonds. The number of halogens is 1. The normalized spacial score (nSPS) is 11.1.